The largest absolute Gasteiger partial charge is 0.332 e. The van der Waals surface area contributed by atoms with Crippen LogP contribution in [-0.4, -0.2) is 4.98 Å². The summed E-state index contributed by atoms with van der Waals surface area (Å²) in [5.74, 6) is -0.235. The van der Waals surface area contributed by atoms with Gasteiger partial charge in [0.25, 0.3) is 0 Å². The van der Waals surface area contributed by atoms with Crippen molar-refractivity contribution in [1.82, 2.24) is 4.98 Å². The Bertz CT molecular complexity index is 736. The molecule has 0 saturated carbocycles. The van der Waals surface area contributed by atoms with Crippen molar-refractivity contribution in [3.8, 4) is 11.3 Å². The molecule has 4 heteroatoms. The summed E-state index contributed by atoms with van der Waals surface area (Å²) in [7, 11) is 0. The van der Waals surface area contributed by atoms with E-state index in [1.54, 1.807) is 23.5 Å². The number of nitrogens with zero attached hydrogens (tertiary/aromatic N) is 1. The Morgan fingerprint density at radius 2 is 1.77 bits per heavy atom. The minimum Gasteiger partial charge on any atom is -0.332 e. The van der Waals surface area contributed by atoms with E-state index in [-0.39, 0.29) is 5.82 Å². The number of thiazole rings is 1. The molecule has 0 saturated heterocycles. The van der Waals surface area contributed by atoms with Crippen LogP contribution in [0.5, 0.6) is 0 Å². The fourth-order valence-electron chi connectivity index (χ4n) is 2.28. The molecule has 0 spiro atoms. The fraction of sp³-hybridized carbons (Fsp3) is 0.167. The summed E-state index contributed by atoms with van der Waals surface area (Å²) in [6.45, 7) is 2.17. The highest BCUT2D eigenvalue weighted by Gasteiger charge is 2.12. The van der Waals surface area contributed by atoms with Gasteiger partial charge in [-0.3, -0.25) is 0 Å². The molecule has 1 heterocycles. The van der Waals surface area contributed by atoms with E-state index >= 15 is 0 Å². The third-order valence-electron chi connectivity index (χ3n) is 3.32. The zero-order valence-corrected chi connectivity index (χ0v) is 13.2. The number of hydrogen-bond acceptors (Lipinski definition) is 3. The first-order valence-corrected chi connectivity index (χ1v) is 8.15. The molecule has 0 bridgehead atoms. The van der Waals surface area contributed by atoms with E-state index in [0.717, 1.165) is 34.9 Å². The molecule has 0 amide bonds. The van der Waals surface area contributed by atoms with Gasteiger partial charge in [0, 0.05) is 16.1 Å². The van der Waals surface area contributed by atoms with Gasteiger partial charge in [0.15, 0.2) is 5.13 Å². The third kappa shape index (κ3) is 3.34. The number of hydrogen-bond donors (Lipinski definition) is 1. The van der Waals surface area contributed by atoms with E-state index in [4.69, 9.17) is 4.98 Å². The van der Waals surface area contributed by atoms with E-state index in [9.17, 15) is 4.39 Å². The summed E-state index contributed by atoms with van der Waals surface area (Å²) in [4.78, 5) is 6.01. The van der Waals surface area contributed by atoms with E-state index in [1.165, 1.54) is 17.0 Å². The molecule has 0 aliphatic rings. The van der Waals surface area contributed by atoms with E-state index in [0.29, 0.717) is 0 Å². The molecule has 0 aliphatic carbocycles. The number of halogens is 1. The molecule has 0 atom stereocenters. The summed E-state index contributed by atoms with van der Waals surface area (Å²) in [6, 6.07) is 16.5. The lowest BCUT2D eigenvalue weighted by Gasteiger charge is -2.01. The molecule has 0 aliphatic heterocycles. The molecule has 0 fully saturated rings. The minimum absolute atomic E-state index is 0.235. The van der Waals surface area contributed by atoms with Gasteiger partial charge < -0.3 is 5.32 Å². The SMILES string of the molecule is CCCc1sc(Nc2ccc(F)cc2)nc1-c1ccccc1. The molecule has 1 aromatic heterocycles. The van der Waals surface area contributed by atoms with Gasteiger partial charge in [0.05, 0.1) is 5.69 Å². The van der Waals surface area contributed by atoms with Crippen LogP contribution < -0.4 is 5.32 Å². The van der Waals surface area contributed by atoms with Gasteiger partial charge in [-0.1, -0.05) is 43.7 Å². The smallest absolute Gasteiger partial charge is 0.187 e. The van der Waals surface area contributed by atoms with Crippen LogP contribution in [0.3, 0.4) is 0 Å². The molecule has 2 aromatic carbocycles. The van der Waals surface area contributed by atoms with Crippen LogP contribution in [0.2, 0.25) is 0 Å². The van der Waals surface area contributed by atoms with Crippen molar-refractivity contribution in [2.45, 2.75) is 19.8 Å². The zero-order valence-electron chi connectivity index (χ0n) is 12.3. The monoisotopic (exact) mass is 312 g/mol. The number of anilines is 2. The van der Waals surface area contributed by atoms with Crippen molar-refractivity contribution in [3.05, 3.63) is 65.3 Å². The van der Waals surface area contributed by atoms with Gasteiger partial charge in [-0.05, 0) is 30.7 Å². The van der Waals surface area contributed by atoms with Gasteiger partial charge in [0.1, 0.15) is 5.82 Å². The number of aryl methyl sites for hydroxylation is 1. The molecule has 3 aromatic rings. The Hall–Kier alpha value is -2.20. The summed E-state index contributed by atoms with van der Waals surface area (Å²) >= 11 is 1.66. The topological polar surface area (TPSA) is 24.9 Å². The Balaban J connectivity index is 1.91. The molecule has 3 rings (SSSR count). The molecule has 2 nitrogen and oxygen atoms in total. The second kappa shape index (κ2) is 6.71. The van der Waals surface area contributed by atoms with Crippen LogP contribution in [0.15, 0.2) is 54.6 Å². The first kappa shape index (κ1) is 14.7. The second-order valence-electron chi connectivity index (χ2n) is 5.04. The normalized spacial score (nSPS) is 10.6. The van der Waals surface area contributed by atoms with Crippen molar-refractivity contribution >= 4 is 22.2 Å². The second-order valence-corrected chi connectivity index (χ2v) is 6.12. The number of benzene rings is 2. The highest BCUT2D eigenvalue weighted by molar-refractivity contribution is 7.16. The third-order valence-corrected chi connectivity index (χ3v) is 4.35. The predicted octanol–water partition coefficient (Wildman–Crippen LogP) is 5.65. The molecule has 1 N–H and O–H groups in total. The van der Waals surface area contributed by atoms with Crippen LogP contribution in [0.25, 0.3) is 11.3 Å². The Morgan fingerprint density at radius 3 is 2.45 bits per heavy atom. The van der Waals surface area contributed by atoms with Crippen molar-refractivity contribution in [2.24, 2.45) is 0 Å². The van der Waals surface area contributed by atoms with Gasteiger partial charge in [-0.15, -0.1) is 11.3 Å². The molecule has 112 valence electrons. The average molecular weight is 312 g/mol. The minimum atomic E-state index is -0.235. The van der Waals surface area contributed by atoms with Crippen molar-refractivity contribution in [3.63, 3.8) is 0 Å². The summed E-state index contributed by atoms with van der Waals surface area (Å²) < 4.78 is 13.0. The molecule has 22 heavy (non-hydrogen) atoms. The standard InChI is InChI=1S/C18H17FN2S/c1-2-6-16-17(13-7-4-3-5-8-13)21-18(22-16)20-15-11-9-14(19)10-12-15/h3-5,7-12H,2,6H2,1H3,(H,20,21). The number of aromatic nitrogens is 1. The number of rotatable bonds is 5. The molecular formula is C18H17FN2S. The maximum absolute atomic E-state index is 13.0. The highest BCUT2D eigenvalue weighted by atomic mass is 32.1. The summed E-state index contributed by atoms with van der Waals surface area (Å²) in [5.41, 5.74) is 3.02. The Kier molecular flexibility index (Phi) is 4.49. The predicted molar refractivity (Wildman–Crippen MR) is 91.2 cm³/mol. The maximum Gasteiger partial charge on any atom is 0.187 e. The molecular weight excluding hydrogens is 295 g/mol. The average Bonchev–Trinajstić information content (AvgIpc) is 2.93. The van der Waals surface area contributed by atoms with Crippen LogP contribution in [-0.2, 0) is 6.42 Å². The van der Waals surface area contributed by atoms with E-state index in [1.807, 2.05) is 18.2 Å². The van der Waals surface area contributed by atoms with Gasteiger partial charge >= 0.3 is 0 Å². The van der Waals surface area contributed by atoms with Crippen molar-refractivity contribution in [1.29, 1.82) is 0 Å². The lowest BCUT2D eigenvalue weighted by Crippen LogP contribution is -1.89. The van der Waals surface area contributed by atoms with E-state index in [2.05, 4.69) is 24.4 Å². The lowest BCUT2D eigenvalue weighted by atomic mass is 10.1. The van der Waals surface area contributed by atoms with E-state index < -0.39 is 0 Å². The maximum atomic E-state index is 13.0. The quantitative estimate of drug-likeness (QED) is 0.659. The summed E-state index contributed by atoms with van der Waals surface area (Å²) in [6.07, 6.45) is 2.09. The zero-order chi connectivity index (χ0) is 15.4. The van der Waals surface area contributed by atoms with Crippen molar-refractivity contribution < 1.29 is 4.39 Å². The first-order valence-electron chi connectivity index (χ1n) is 7.34. The number of nitrogens with one attached hydrogen (secondary N) is 1. The van der Waals surface area contributed by atoms with Crippen molar-refractivity contribution in [2.75, 3.05) is 5.32 Å². The highest BCUT2D eigenvalue weighted by Crippen LogP contribution is 2.33. The van der Waals surface area contributed by atoms with Crippen LogP contribution in [0, 0.1) is 5.82 Å². The Morgan fingerprint density at radius 1 is 1.05 bits per heavy atom. The Labute approximate surface area is 133 Å². The lowest BCUT2D eigenvalue weighted by molar-refractivity contribution is 0.628. The van der Waals surface area contributed by atoms with Gasteiger partial charge in [-0.2, -0.15) is 0 Å². The molecule has 0 unspecified atom stereocenters. The van der Waals surface area contributed by atoms with Crippen LogP contribution in [0.4, 0.5) is 15.2 Å². The van der Waals surface area contributed by atoms with Gasteiger partial charge in [-0.25, -0.2) is 9.37 Å². The van der Waals surface area contributed by atoms with Gasteiger partial charge in [0.2, 0.25) is 0 Å². The first-order chi connectivity index (χ1) is 10.8. The van der Waals surface area contributed by atoms with Crippen LogP contribution >= 0.6 is 11.3 Å². The summed E-state index contributed by atoms with van der Waals surface area (Å²) in [5, 5.41) is 4.10. The van der Waals surface area contributed by atoms with Crippen LogP contribution in [0.1, 0.15) is 18.2 Å². The molecule has 0 radical (unpaired) electrons. The fourth-order valence-corrected chi connectivity index (χ4v) is 3.39.